The number of hydrogen-bond acceptors (Lipinski definition) is 6. The van der Waals surface area contributed by atoms with Gasteiger partial charge in [0.1, 0.15) is 5.82 Å². The van der Waals surface area contributed by atoms with Crippen molar-refractivity contribution in [1.29, 1.82) is 0 Å². The molecule has 2 N–H and O–H groups in total. The molecule has 6 rings (SSSR count). The van der Waals surface area contributed by atoms with Crippen LogP contribution in [0.2, 0.25) is 0 Å². The van der Waals surface area contributed by atoms with E-state index in [9.17, 15) is 23.1 Å². The van der Waals surface area contributed by atoms with Crippen LogP contribution in [0.25, 0.3) is 22.6 Å². The number of oxazole rings is 1. The predicted molar refractivity (Wildman–Crippen MR) is 123 cm³/mol. The minimum Gasteiger partial charge on any atom is -0.444 e. The Kier molecular flexibility index (Phi) is 5.04. The first-order valence-electron chi connectivity index (χ1n) is 11.1. The minimum atomic E-state index is -4.55. The SMILES string of the molecule is O=C(Nc1cccc(-c2cnco2)c1)N1c2nc(-c3cncc(C(F)(F)F)c3)ccc2C2C[C@@H](O)C21. The second-order valence-corrected chi connectivity index (χ2v) is 8.72. The number of fused-ring (bicyclic) bond motifs is 3. The number of aliphatic hydroxyl groups is 1. The van der Waals surface area contributed by atoms with Crippen molar-refractivity contribution in [1.82, 2.24) is 15.0 Å². The first-order valence-corrected chi connectivity index (χ1v) is 11.1. The van der Waals surface area contributed by atoms with E-state index in [1.165, 1.54) is 17.5 Å². The number of amides is 2. The monoisotopic (exact) mass is 493 g/mol. The number of pyridine rings is 2. The molecule has 11 heteroatoms. The molecule has 1 aliphatic carbocycles. The van der Waals surface area contributed by atoms with Crippen LogP contribution >= 0.6 is 0 Å². The van der Waals surface area contributed by atoms with E-state index in [1.807, 2.05) is 6.07 Å². The summed E-state index contributed by atoms with van der Waals surface area (Å²) < 4.78 is 44.9. The summed E-state index contributed by atoms with van der Waals surface area (Å²) in [7, 11) is 0. The Labute approximate surface area is 202 Å². The summed E-state index contributed by atoms with van der Waals surface area (Å²) in [5.74, 6) is 0.732. The standard InChI is InChI=1S/C25H18F3N5O3/c26-25(27,28)15-6-14(9-29-10-15)19-5-4-17-18-8-20(34)22(18)33(23(17)32-19)24(35)31-16-3-1-2-13(7-16)21-11-30-12-36-21/h1-7,9-12,18,20,22,34H,8H2,(H,31,35)/t18?,20-,22?/m1/s1. The van der Waals surface area contributed by atoms with Gasteiger partial charge in [0.25, 0.3) is 0 Å². The lowest BCUT2D eigenvalue weighted by molar-refractivity contribution is -0.137. The number of rotatable bonds is 3. The number of aliphatic hydroxyl groups excluding tert-OH is 1. The lowest BCUT2D eigenvalue weighted by Gasteiger charge is -2.40. The summed E-state index contributed by atoms with van der Waals surface area (Å²) in [6.07, 6.45) is 0.0875. The van der Waals surface area contributed by atoms with Crippen LogP contribution in [0.1, 0.15) is 23.5 Å². The molecular weight excluding hydrogens is 475 g/mol. The molecule has 182 valence electrons. The van der Waals surface area contributed by atoms with Gasteiger partial charge in [0.05, 0.1) is 29.6 Å². The molecule has 1 aliphatic heterocycles. The van der Waals surface area contributed by atoms with Gasteiger partial charge in [0.2, 0.25) is 0 Å². The van der Waals surface area contributed by atoms with Crippen LogP contribution in [-0.2, 0) is 6.18 Å². The molecule has 1 aromatic carbocycles. The molecule has 0 bridgehead atoms. The number of urea groups is 1. The summed E-state index contributed by atoms with van der Waals surface area (Å²) >= 11 is 0. The van der Waals surface area contributed by atoms with Crippen LogP contribution in [0, 0.1) is 0 Å². The number of nitrogens with zero attached hydrogens (tertiary/aromatic N) is 4. The van der Waals surface area contributed by atoms with Gasteiger partial charge in [0, 0.05) is 40.7 Å². The maximum Gasteiger partial charge on any atom is 0.417 e. The molecule has 2 aliphatic rings. The Morgan fingerprint density at radius 2 is 1.94 bits per heavy atom. The highest BCUT2D eigenvalue weighted by molar-refractivity contribution is 6.04. The average molecular weight is 493 g/mol. The first kappa shape index (κ1) is 22.2. The molecule has 36 heavy (non-hydrogen) atoms. The van der Waals surface area contributed by atoms with Crippen LogP contribution in [0.5, 0.6) is 0 Å². The fourth-order valence-corrected chi connectivity index (χ4v) is 4.78. The molecule has 8 nitrogen and oxygen atoms in total. The summed E-state index contributed by atoms with van der Waals surface area (Å²) in [5, 5.41) is 13.3. The summed E-state index contributed by atoms with van der Waals surface area (Å²) in [6.45, 7) is 0. The zero-order valence-corrected chi connectivity index (χ0v) is 18.5. The second-order valence-electron chi connectivity index (χ2n) is 8.72. The minimum absolute atomic E-state index is 0.109. The highest BCUT2D eigenvalue weighted by Crippen LogP contribution is 2.51. The number of halogens is 3. The Morgan fingerprint density at radius 1 is 1.08 bits per heavy atom. The van der Waals surface area contributed by atoms with E-state index in [0.29, 0.717) is 29.2 Å². The topological polar surface area (TPSA) is 104 Å². The second kappa shape index (κ2) is 8.16. The maximum absolute atomic E-state index is 13.4. The molecule has 4 aromatic rings. The molecule has 0 spiro atoms. The lowest BCUT2D eigenvalue weighted by atomic mass is 9.75. The van der Waals surface area contributed by atoms with Crippen molar-refractivity contribution >= 4 is 17.5 Å². The zero-order chi connectivity index (χ0) is 25.0. The Bertz CT molecular complexity index is 1460. The highest BCUT2D eigenvalue weighted by Gasteiger charge is 2.54. The number of benzene rings is 1. The van der Waals surface area contributed by atoms with Crippen LogP contribution < -0.4 is 10.2 Å². The normalized spacial score (nSPS) is 20.4. The van der Waals surface area contributed by atoms with Crippen molar-refractivity contribution in [3.63, 3.8) is 0 Å². The molecule has 2 unspecified atom stereocenters. The number of aromatic nitrogens is 3. The van der Waals surface area contributed by atoms with Gasteiger partial charge in [-0.25, -0.2) is 14.8 Å². The van der Waals surface area contributed by atoms with Gasteiger partial charge in [0.15, 0.2) is 12.2 Å². The van der Waals surface area contributed by atoms with Gasteiger partial charge >= 0.3 is 12.2 Å². The third kappa shape index (κ3) is 3.68. The van der Waals surface area contributed by atoms with E-state index in [0.717, 1.165) is 17.8 Å². The molecule has 0 saturated heterocycles. The van der Waals surface area contributed by atoms with Crippen molar-refractivity contribution in [3.8, 4) is 22.6 Å². The number of hydrogen-bond donors (Lipinski definition) is 2. The first-order chi connectivity index (χ1) is 17.3. The lowest BCUT2D eigenvalue weighted by Crippen LogP contribution is -2.55. The molecule has 2 amide bonds. The van der Waals surface area contributed by atoms with Crippen molar-refractivity contribution in [2.24, 2.45) is 0 Å². The van der Waals surface area contributed by atoms with Crippen LogP contribution in [-0.4, -0.2) is 38.2 Å². The van der Waals surface area contributed by atoms with Crippen molar-refractivity contribution in [2.45, 2.75) is 30.7 Å². The third-order valence-corrected chi connectivity index (χ3v) is 6.54. The van der Waals surface area contributed by atoms with Gasteiger partial charge in [-0.1, -0.05) is 18.2 Å². The summed E-state index contributed by atoms with van der Waals surface area (Å²) in [5.41, 5.74) is 1.50. The zero-order valence-electron chi connectivity index (χ0n) is 18.5. The largest absolute Gasteiger partial charge is 0.444 e. The quantitative estimate of drug-likeness (QED) is 0.412. The van der Waals surface area contributed by atoms with Crippen molar-refractivity contribution in [3.05, 3.63) is 78.6 Å². The van der Waals surface area contributed by atoms with E-state index in [-0.39, 0.29) is 17.2 Å². The summed E-state index contributed by atoms with van der Waals surface area (Å²) in [6, 6.07) is 10.3. The van der Waals surface area contributed by atoms with Crippen LogP contribution in [0.15, 0.2) is 71.9 Å². The van der Waals surface area contributed by atoms with Gasteiger partial charge in [-0.2, -0.15) is 13.2 Å². The van der Waals surface area contributed by atoms with Crippen LogP contribution in [0.4, 0.5) is 29.5 Å². The van der Waals surface area contributed by atoms with E-state index in [2.05, 4.69) is 20.3 Å². The van der Waals surface area contributed by atoms with E-state index in [1.54, 1.807) is 36.5 Å². The molecular formula is C25H18F3N5O3. The van der Waals surface area contributed by atoms with Gasteiger partial charge in [-0.15, -0.1) is 0 Å². The molecule has 4 heterocycles. The number of anilines is 2. The number of carbonyl (C=O) groups is 1. The predicted octanol–water partition coefficient (Wildman–Crippen LogP) is 5.09. The van der Waals surface area contributed by atoms with Gasteiger partial charge in [-0.05, 0) is 30.7 Å². The van der Waals surface area contributed by atoms with Crippen molar-refractivity contribution < 1.29 is 27.5 Å². The van der Waals surface area contributed by atoms with Gasteiger partial charge in [-0.3, -0.25) is 9.88 Å². The molecule has 3 atom stereocenters. The molecule has 3 aromatic heterocycles. The van der Waals surface area contributed by atoms with Gasteiger partial charge < -0.3 is 14.8 Å². The Balaban J connectivity index is 1.34. The fraction of sp³-hybridized carbons (Fsp3) is 0.200. The molecule has 1 saturated carbocycles. The Morgan fingerprint density at radius 3 is 2.69 bits per heavy atom. The number of nitrogens with one attached hydrogen (secondary N) is 1. The average Bonchev–Trinajstić information content (AvgIpc) is 3.48. The van der Waals surface area contributed by atoms with E-state index >= 15 is 0 Å². The maximum atomic E-state index is 13.4. The van der Waals surface area contributed by atoms with Crippen LogP contribution in [0.3, 0.4) is 0 Å². The van der Waals surface area contributed by atoms with E-state index in [4.69, 9.17) is 4.42 Å². The van der Waals surface area contributed by atoms with E-state index < -0.39 is 29.9 Å². The smallest absolute Gasteiger partial charge is 0.417 e. The fourth-order valence-electron chi connectivity index (χ4n) is 4.78. The third-order valence-electron chi connectivity index (χ3n) is 6.54. The number of carbonyl (C=O) groups excluding carboxylic acids is 1. The molecule has 1 fully saturated rings. The highest BCUT2D eigenvalue weighted by atomic mass is 19.4. The summed E-state index contributed by atoms with van der Waals surface area (Å²) in [4.78, 5) is 27.0. The Hall–Kier alpha value is -4.25. The van der Waals surface area contributed by atoms with Crippen molar-refractivity contribution in [2.75, 3.05) is 10.2 Å². The molecule has 0 radical (unpaired) electrons. The number of alkyl halides is 3.